The molecule has 166 valence electrons. The minimum atomic E-state index is -0.717. The third kappa shape index (κ3) is 5.76. The Balaban J connectivity index is 1.64. The zero-order chi connectivity index (χ0) is 23.3. The fraction of sp³-hybridized carbons (Fsp3) is 0.208. The number of benzene rings is 2. The molecule has 2 N–H and O–H groups in total. The van der Waals surface area contributed by atoms with Crippen molar-refractivity contribution in [2.45, 2.75) is 33.8 Å². The van der Waals surface area contributed by atoms with Crippen molar-refractivity contribution in [2.24, 2.45) is 5.10 Å². The molecule has 1 heterocycles. The van der Waals surface area contributed by atoms with Crippen molar-refractivity contribution < 1.29 is 18.7 Å². The van der Waals surface area contributed by atoms with Crippen LogP contribution < -0.4 is 15.5 Å². The summed E-state index contributed by atoms with van der Waals surface area (Å²) < 4.78 is 10.9. The highest BCUT2D eigenvalue weighted by Gasteiger charge is 2.16. The zero-order valence-corrected chi connectivity index (χ0v) is 19.0. The lowest BCUT2D eigenvalue weighted by molar-refractivity contribution is -0.122. The quantitative estimate of drug-likeness (QED) is 0.384. The molecule has 1 unspecified atom stereocenters. The van der Waals surface area contributed by atoms with E-state index in [-0.39, 0.29) is 11.8 Å². The molecule has 2 amide bonds. The van der Waals surface area contributed by atoms with Crippen LogP contribution >= 0.6 is 11.6 Å². The highest BCUT2D eigenvalue weighted by molar-refractivity contribution is 6.30. The number of aryl methyl sites for hydroxylation is 2. The van der Waals surface area contributed by atoms with Crippen LogP contribution in [-0.4, -0.2) is 23.6 Å². The molecule has 0 aliphatic carbocycles. The van der Waals surface area contributed by atoms with Crippen LogP contribution in [-0.2, 0) is 4.79 Å². The molecule has 2 aromatic carbocycles. The van der Waals surface area contributed by atoms with E-state index in [2.05, 4.69) is 15.8 Å². The number of anilines is 1. The zero-order valence-electron chi connectivity index (χ0n) is 18.2. The summed E-state index contributed by atoms with van der Waals surface area (Å²) in [6.45, 7) is 7.01. The molecular formula is C24H24ClN3O4. The minimum absolute atomic E-state index is 0.296. The van der Waals surface area contributed by atoms with Gasteiger partial charge < -0.3 is 14.5 Å². The van der Waals surface area contributed by atoms with Crippen molar-refractivity contribution >= 4 is 34.8 Å². The normalized spacial score (nSPS) is 12.2. The second-order valence-corrected chi connectivity index (χ2v) is 7.70. The number of furan rings is 1. The molecule has 1 atom stereocenters. The van der Waals surface area contributed by atoms with Gasteiger partial charge in [0, 0.05) is 10.7 Å². The van der Waals surface area contributed by atoms with E-state index in [0.29, 0.717) is 33.5 Å². The van der Waals surface area contributed by atoms with Crippen LogP contribution in [0.15, 0.2) is 64.3 Å². The molecule has 0 radical (unpaired) electrons. The van der Waals surface area contributed by atoms with Gasteiger partial charge >= 0.3 is 0 Å². The minimum Gasteiger partial charge on any atom is -0.481 e. The van der Waals surface area contributed by atoms with Gasteiger partial charge in [0.2, 0.25) is 0 Å². The van der Waals surface area contributed by atoms with E-state index in [1.807, 2.05) is 13.0 Å². The number of carbonyl (C=O) groups excluding carboxylic acids is 2. The van der Waals surface area contributed by atoms with Crippen LogP contribution in [0.1, 0.15) is 41.1 Å². The first-order valence-electron chi connectivity index (χ1n) is 9.97. The van der Waals surface area contributed by atoms with E-state index in [4.69, 9.17) is 20.8 Å². The number of hydrogen-bond acceptors (Lipinski definition) is 5. The smallest absolute Gasteiger partial charge is 0.274 e. The molecule has 0 bridgehead atoms. The average molecular weight is 454 g/mol. The van der Waals surface area contributed by atoms with Gasteiger partial charge in [-0.25, -0.2) is 5.43 Å². The van der Waals surface area contributed by atoms with Crippen LogP contribution in [0.25, 0.3) is 0 Å². The van der Waals surface area contributed by atoms with Crippen LogP contribution in [0.2, 0.25) is 5.02 Å². The number of nitrogens with zero attached hydrogens (tertiary/aromatic N) is 1. The first-order valence-corrected chi connectivity index (χ1v) is 10.3. The van der Waals surface area contributed by atoms with Crippen LogP contribution in [0.5, 0.6) is 5.75 Å². The SMILES string of the molecule is C/C(=N/NC(=O)c1ccoc1C)c1cccc(NC(=O)C(C)Oc2ccc(Cl)cc2C)c1. The topological polar surface area (TPSA) is 92.9 Å². The van der Waals surface area contributed by atoms with Gasteiger partial charge in [-0.05, 0) is 75.2 Å². The number of amides is 2. The van der Waals surface area contributed by atoms with Crippen molar-refractivity contribution in [2.75, 3.05) is 5.32 Å². The van der Waals surface area contributed by atoms with Crippen molar-refractivity contribution in [3.05, 3.63) is 82.3 Å². The molecule has 7 nitrogen and oxygen atoms in total. The average Bonchev–Trinajstić information content (AvgIpc) is 3.19. The van der Waals surface area contributed by atoms with Crippen LogP contribution in [0, 0.1) is 13.8 Å². The Morgan fingerprint density at radius 2 is 1.91 bits per heavy atom. The van der Waals surface area contributed by atoms with Gasteiger partial charge in [-0.15, -0.1) is 0 Å². The first kappa shape index (κ1) is 23.1. The summed E-state index contributed by atoms with van der Waals surface area (Å²) >= 11 is 5.96. The molecular weight excluding hydrogens is 430 g/mol. The Hall–Kier alpha value is -3.58. The number of halogens is 1. The summed E-state index contributed by atoms with van der Waals surface area (Å²) in [6.07, 6.45) is 0.733. The van der Waals surface area contributed by atoms with E-state index in [9.17, 15) is 9.59 Å². The van der Waals surface area contributed by atoms with E-state index in [0.717, 1.165) is 11.1 Å². The van der Waals surface area contributed by atoms with Crippen molar-refractivity contribution in [3.63, 3.8) is 0 Å². The molecule has 3 aromatic rings. The molecule has 0 fully saturated rings. The highest BCUT2D eigenvalue weighted by Crippen LogP contribution is 2.23. The lowest BCUT2D eigenvalue weighted by Crippen LogP contribution is -2.30. The summed E-state index contributed by atoms with van der Waals surface area (Å²) in [7, 11) is 0. The van der Waals surface area contributed by atoms with Crippen molar-refractivity contribution in [1.29, 1.82) is 0 Å². The molecule has 0 aliphatic heterocycles. The molecule has 32 heavy (non-hydrogen) atoms. The first-order chi connectivity index (χ1) is 15.2. The molecule has 8 heteroatoms. The fourth-order valence-corrected chi connectivity index (χ4v) is 3.16. The maximum atomic E-state index is 12.6. The van der Waals surface area contributed by atoms with Crippen LogP contribution in [0.3, 0.4) is 0 Å². The largest absolute Gasteiger partial charge is 0.481 e. The number of nitrogens with one attached hydrogen (secondary N) is 2. The summed E-state index contributed by atoms with van der Waals surface area (Å²) in [4.78, 5) is 24.8. The van der Waals surface area contributed by atoms with Gasteiger partial charge in [-0.1, -0.05) is 23.7 Å². The lowest BCUT2D eigenvalue weighted by atomic mass is 10.1. The molecule has 0 saturated heterocycles. The fourth-order valence-electron chi connectivity index (χ4n) is 2.93. The second-order valence-electron chi connectivity index (χ2n) is 7.27. The summed E-state index contributed by atoms with van der Waals surface area (Å²) in [5, 5.41) is 7.59. The third-order valence-electron chi connectivity index (χ3n) is 4.79. The van der Waals surface area contributed by atoms with Gasteiger partial charge in [0.1, 0.15) is 11.5 Å². The Bertz CT molecular complexity index is 1170. The maximum Gasteiger partial charge on any atom is 0.274 e. The Morgan fingerprint density at radius 1 is 1.12 bits per heavy atom. The predicted octanol–water partition coefficient (Wildman–Crippen LogP) is 5.11. The van der Waals surface area contributed by atoms with Gasteiger partial charge in [0.25, 0.3) is 11.8 Å². The summed E-state index contributed by atoms with van der Waals surface area (Å²) in [5.41, 5.74) is 5.69. The number of carbonyl (C=O) groups is 2. The predicted molar refractivity (Wildman–Crippen MR) is 124 cm³/mol. The van der Waals surface area contributed by atoms with E-state index in [1.165, 1.54) is 6.26 Å². The molecule has 1 aromatic heterocycles. The summed E-state index contributed by atoms with van der Waals surface area (Å²) in [5.74, 6) is 0.459. The Morgan fingerprint density at radius 3 is 2.59 bits per heavy atom. The van der Waals surface area contributed by atoms with E-state index >= 15 is 0 Å². The standard InChI is InChI=1S/C24H24ClN3O4/c1-14-12-19(25)8-9-22(14)32-17(4)23(29)26-20-7-5-6-18(13-20)15(2)27-28-24(30)21-10-11-31-16(21)3/h5-13,17H,1-4H3,(H,26,29)(H,28,30)/b27-15-. The van der Waals surface area contributed by atoms with Crippen molar-refractivity contribution in [3.8, 4) is 5.75 Å². The summed E-state index contributed by atoms with van der Waals surface area (Å²) in [6, 6.07) is 14.0. The third-order valence-corrected chi connectivity index (χ3v) is 5.02. The number of hydrazone groups is 1. The van der Waals surface area contributed by atoms with Crippen molar-refractivity contribution in [1.82, 2.24) is 5.43 Å². The van der Waals surface area contributed by atoms with E-state index in [1.54, 1.807) is 63.2 Å². The maximum absolute atomic E-state index is 12.6. The number of ether oxygens (including phenoxy) is 1. The van der Waals surface area contributed by atoms with E-state index < -0.39 is 6.10 Å². The second kappa shape index (κ2) is 10.2. The monoisotopic (exact) mass is 453 g/mol. The molecule has 3 rings (SSSR count). The molecule has 0 aliphatic rings. The van der Waals surface area contributed by atoms with Gasteiger partial charge in [-0.2, -0.15) is 5.10 Å². The van der Waals surface area contributed by atoms with Crippen LogP contribution in [0.4, 0.5) is 5.69 Å². The van der Waals surface area contributed by atoms with Gasteiger partial charge in [0.05, 0.1) is 17.5 Å². The molecule has 0 saturated carbocycles. The molecule has 0 spiro atoms. The number of hydrogen-bond donors (Lipinski definition) is 2. The van der Waals surface area contributed by atoms with Gasteiger partial charge in [-0.3, -0.25) is 9.59 Å². The highest BCUT2D eigenvalue weighted by atomic mass is 35.5. The Kier molecular flexibility index (Phi) is 7.33. The van der Waals surface area contributed by atoms with Gasteiger partial charge in [0.15, 0.2) is 6.10 Å². The number of rotatable bonds is 7. The Labute approximate surface area is 191 Å². The lowest BCUT2D eigenvalue weighted by Gasteiger charge is -2.16.